The highest BCUT2D eigenvalue weighted by Gasteiger charge is 2.01. The maximum Gasteiger partial charge on any atom is 0.144 e. The minimum Gasteiger partial charge on any atom is -0.309 e. The Balaban J connectivity index is 2.32. The number of thioether (sulfide) groups is 1. The normalized spacial score (nSPS) is 10.2. The molecule has 0 aliphatic heterocycles. The van der Waals surface area contributed by atoms with Crippen molar-refractivity contribution in [3.8, 4) is 11.1 Å². The van der Waals surface area contributed by atoms with Gasteiger partial charge < -0.3 is 4.57 Å². The molecule has 15 heavy (non-hydrogen) atoms. The van der Waals surface area contributed by atoms with Gasteiger partial charge in [0.15, 0.2) is 0 Å². The van der Waals surface area contributed by atoms with Gasteiger partial charge in [0.1, 0.15) is 4.32 Å². The van der Waals surface area contributed by atoms with E-state index in [-0.39, 0.29) is 0 Å². The number of hydrogen-bond donors (Lipinski definition) is 0. The van der Waals surface area contributed by atoms with Gasteiger partial charge in [-0.1, -0.05) is 54.3 Å². The highest BCUT2D eigenvalue weighted by atomic mass is 32.2. The zero-order valence-electron chi connectivity index (χ0n) is 8.38. The third-order valence-electron chi connectivity index (χ3n) is 2.19. The number of thiocarbonyl (C=S) groups is 1. The van der Waals surface area contributed by atoms with Crippen molar-refractivity contribution in [1.82, 2.24) is 4.57 Å². The topological polar surface area (TPSA) is 4.93 Å². The van der Waals surface area contributed by atoms with Gasteiger partial charge in [-0.25, -0.2) is 0 Å². The highest BCUT2D eigenvalue weighted by molar-refractivity contribution is 8.22. The van der Waals surface area contributed by atoms with Crippen LogP contribution in [0.5, 0.6) is 0 Å². The molecule has 0 spiro atoms. The van der Waals surface area contributed by atoms with Crippen LogP contribution >= 0.6 is 24.0 Å². The van der Waals surface area contributed by atoms with Crippen LogP contribution in [-0.2, 0) is 0 Å². The Hall–Kier alpha value is -1.06. The minimum absolute atomic E-state index is 0.872. The van der Waals surface area contributed by atoms with Crippen LogP contribution in [0.25, 0.3) is 11.1 Å². The van der Waals surface area contributed by atoms with Crippen molar-refractivity contribution in [3.05, 3.63) is 48.8 Å². The molecule has 0 radical (unpaired) electrons. The van der Waals surface area contributed by atoms with E-state index in [4.69, 9.17) is 12.2 Å². The molecule has 76 valence electrons. The Labute approximate surface area is 99.1 Å². The summed E-state index contributed by atoms with van der Waals surface area (Å²) >= 11 is 6.79. The second-order valence-electron chi connectivity index (χ2n) is 3.14. The predicted octanol–water partition coefficient (Wildman–Crippen LogP) is 3.65. The fraction of sp³-hybridized carbons (Fsp3) is 0.0833. The number of benzene rings is 1. The fourth-order valence-corrected chi connectivity index (χ4v) is 1.85. The molecule has 1 heterocycles. The first-order chi connectivity index (χ1) is 7.31. The van der Waals surface area contributed by atoms with Crippen LogP contribution in [0.1, 0.15) is 0 Å². The van der Waals surface area contributed by atoms with E-state index < -0.39 is 0 Å². The van der Waals surface area contributed by atoms with Crippen LogP contribution in [0.15, 0.2) is 48.8 Å². The van der Waals surface area contributed by atoms with Crippen LogP contribution < -0.4 is 0 Å². The van der Waals surface area contributed by atoms with Gasteiger partial charge in [0.05, 0.1) is 0 Å². The predicted molar refractivity (Wildman–Crippen MR) is 71.4 cm³/mol. The van der Waals surface area contributed by atoms with E-state index in [9.17, 15) is 0 Å². The molecule has 0 amide bonds. The Bertz CT molecular complexity index is 459. The first-order valence-corrected chi connectivity index (χ1v) is 6.26. The van der Waals surface area contributed by atoms with Crippen LogP contribution in [0.4, 0.5) is 0 Å². The summed E-state index contributed by atoms with van der Waals surface area (Å²) in [5.74, 6) is 0. The molecule has 3 heteroatoms. The third-order valence-corrected chi connectivity index (χ3v) is 3.46. The monoisotopic (exact) mass is 233 g/mol. The molecule has 0 saturated heterocycles. The molecule has 0 aliphatic carbocycles. The van der Waals surface area contributed by atoms with Crippen molar-refractivity contribution >= 4 is 28.3 Å². The maximum absolute atomic E-state index is 5.21. The molecule has 0 atom stereocenters. The number of hydrogen-bond acceptors (Lipinski definition) is 2. The second kappa shape index (κ2) is 4.64. The maximum atomic E-state index is 5.21. The van der Waals surface area contributed by atoms with Crippen LogP contribution in [0.3, 0.4) is 0 Å². The smallest absolute Gasteiger partial charge is 0.144 e. The average molecular weight is 233 g/mol. The van der Waals surface area contributed by atoms with Crippen molar-refractivity contribution in [2.75, 3.05) is 6.26 Å². The lowest BCUT2D eigenvalue weighted by Gasteiger charge is -1.99. The van der Waals surface area contributed by atoms with Gasteiger partial charge in [0.25, 0.3) is 0 Å². The molecular formula is C12H11NS2. The molecular weight excluding hydrogens is 222 g/mol. The molecule has 0 aliphatic rings. The van der Waals surface area contributed by atoms with Crippen molar-refractivity contribution in [2.45, 2.75) is 0 Å². The quantitative estimate of drug-likeness (QED) is 0.693. The molecule has 0 fully saturated rings. The molecule has 0 unspecified atom stereocenters. The van der Waals surface area contributed by atoms with Crippen molar-refractivity contribution < 1.29 is 0 Å². The van der Waals surface area contributed by atoms with Crippen molar-refractivity contribution in [2.24, 2.45) is 0 Å². The summed E-state index contributed by atoms with van der Waals surface area (Å²) < 4.78 is 2.85. The van der Waals surface area contributed by atoms with Crippen LogP contribution in [0.2, 0.25) is 0 Å². The minimum atomic E-state index is 0.872. The first-order valence-electron chi connectivity index (χ1n) is 4.63. The molecule has 2 rings (SSSR count). The first kappa shape index (κ1) is 10.5. The van der Waals surface area contributed by atoms with Gasteiger partial charge in [-0.15, -0.1) is 0 Å². The summed E-state index contributed by atoms with van der Waals surface area (Å²) in [6, 6.07) is 12.4. The summed E-state index contributed by atoms with van der Waals surface area (Å²) in [5, 5.41) is 0. The van der Waals surface area contributed by atoms with Crippen molar-refractivity contribution in [1.29, 1.82) is 0 Å². The van der Waals surface area contributed by atoms with Crippen LogP contribution in [-0.4, -0.2) is 15.1 Å². The second-order valence-corrected chi connectivity index (χ2v) is 4.58. The van der Waals surface area contributed by atoms with E-state index >= 15 is 0 Å². The molecule has 0 N–H and O–H groups in total. The van der Waals surface area contributed by atoms with E-state index in [2.05, 4.69) is 24.4 Å². The summed E-state index contributed by atoms with van der Waals surface area (Å²) in [5.41, 5.74) is 2.42. The summed E-state index contributed by atoms with van der Waals surface area (Å²) in [6.07, 6.45) is 6.06. The zero-order chi connectivity index (χ0) is 10.7. The summed E-state index contributed by atoms with van der Waals surface area (Å²) in [7, 11) is 0. The Morgan fingerprint density at radius 2 is 1.87 bits per heavy atom. The van der Waals surface area contributed by atoms with Gasteiger partial charge in [-0.2, -0.15) is 0 Å². The van der Waals surface area contributed by atoms with E-state index in [1.807, 2.05) is 35.2 Å². The molecule has 0 bridgehead atoms. The molecule has 1 nitrogen and oxygen atoms in total. The standard InChI is InChI=1S/C12H11NS2/c1-15-12(14)13-8-7-11(9-13)10-5-3-2-4-6-10/h2-9H,1H3. The number of aromatic nitrogens is 1. The van der Waals surface area contributed by atoms with Gasteiger partial charge in [-0.3, -0.25) is 0 Å². The zero-order valence-corrected chi connectivity index (χ0v) is 10.0. The van der Waals surface area contributed by atoms with E-state index in [0.29, 0.717) is 0 Å². The molecule has 1 aromatic carbocycles. The Morgan fingerprint density at radius 1 is 1.13 bits per heavy atom. The Morgan fingerprint density at radius 3 is 2.53 bits per heavy atom. The summed E-state index contributed by atoms with van der Waals surface area (Å²) in [4.78, 5) is 0. The fourth-order valence-electron chi connectivity index (χ4n) is 1.42. The van der Waals surface area contributed by atoms with E-state index in [1.165, 1.54) is 11.1 Å². The lowest BCUT2D eigenvalue weighted by Crippen LogP contribution is -1.99. The van der Waals surface area contributed by atoms with Crippen LogP contribution in [0, 0.1) is 0 Å². The van der Waals surface area contributed by atoms with E-state index in [0.717, 1.165) is 4.32 Å². The number of nitrogens with zero attached hydrogens (tertiary/aromatic N) is 1. The van der Waals surface area contributed by atoms with Gasteiger partial charge in [0, 0.05) is 12.4 Å². The van der Waals surface area contributed by atoms with Crippen molar-refractivity contribution in [3.63, 3.8) is 0 Å². The van der Waals surface area contributed by atoms with Gasteiger partial charge in [0.2, 0.25) is 0 Å². The third kappa shape index (κ3) is 2.30. The van der Waals surface area contributed by atoms with E-state index in [1.54, 1.807) is 11.8 Å². The number of rotatable bonds is 1. The SMILES string of the molecule is CSC(=S)n1ccc(-c2ccccc2)c1. The molecule has 2 aromatic rings. The lowest BCUT2D eigenvalue weighted by molar-refractivity contribution is 1.22. The highest BCUT2D eigenvalue weighted by Crippen LogP contribution is 2.19. The largest absolute Gasteiger partial charge is 0.309 e. The molecule has 1 aromatic heterocycles. The Kier molecular flexibility index (Phi) is 3.23. The van der Waals surface area contributed by atoms with Gasteiger partial charge >= 0.3 is 0 Å². The lowest BCUT2D eigenvalue weighted by atomic mass is 10.1. The summed E-state index contributed by atoms with van der Waals surface area (Å²) in [6.45, 7) is 0. The average Bonchev–Trinajstić information content (AvgIpc) is 2.78. The molecule has 0 saturated carbocycles. The van der Waals surface area contributed by atoms with Gasteiger partial charge in [-0.05, 0) is 23.4 Å².